The molecule has 2 rings (SSSR count). The van der Waals surface area contributed by atoms with Gasteiger partial charge in [0.15, 0.2) is 5.41 Å². The van der Waals surface area contributed by atoms with Gasteiger partial charge < -0.3 is 10.2 Å². The minimum Gasteiger partial charge on any atom is -0.480 e. The fourth-order valence-corrected chi connectivity index (χ4v) is 2.45. The van der Waals surface area contributed by atoms with Crippen molar-refractivity contribution in [2.75, 3.05) is 0 Å². The number of benzene rings is 1. The molecule has 6 nitrogen and oxygen atoms in total. The summed E-state index contributed by atoms with van der Waals surface area (Å²) in [5, 5.41) is 23.7. The van der Waals surface area contributed by atoms with Gasteiger partial charge in [-0.05, 0) is 31.0 Å². The van der Waals surface area contributed by atoms with Crippen molar-refractivity contribution in [2.24, 2.45) is 0 Å². The molecule has 0 aliphatic rings. The summed E-state index contributed by atoms with van der Waals surface area (Å²) < 4.78 is 1.77. The van der Waals surface area contributed by atoms with Crippen LogP contribution in [0.4, 0.5) is 0 Å². The molecule has 0 fully saturated rings. The van der Waals surface area contributed by atoms with E-state index in [9.17, 15) is 19.8 Å². The average molecular weight is 276 g/mol. The Hall–Kier alpha value is -2.37. The van der Waals surface area contributed by atoms with Crippen LogP contribution in [0.15, 0.2) is 24.4 Å². The van der Waals surface area contributed by atoms with Gasteiger partial charge in [-0.1, -0.05) is 13.0 Å². The smallest absolute Gasteiger partial charge is 0.325 e. The minimum absolute atomic E-state index is 0.0227. The zero-order valence-corrected chi connectivity index (χ0v) is 11.3. The molecule has 0 spiro atoms. The van der Waals surface area contributed by atoms with Crippen LogP contribution in [0.25, 0.3) is 10.9 Å². The summed E-state index contributed by atoms with van der Waals surface area (Å²) in [6.45, 7) is 4.20. The number of hydrogen-bond donors (Lipinski definition) is 2. The lowest BCUT2D eigenvalue weighted by Crippen LogP contribution is -2.43. The minimum atomic E-state index is -1.91. The number of fused-ring (bicyclic) bond motifs is 1. The van der Waals surface area contributed by atoms with Gasteiger partial charge in [0, 0.05) is 11.9 Å². The second-order valence-electron chi connectivity index (χ2n) is 4.60. The van der Waals surface area contributed by atoms with E-state index in [2.05, 4.69) is 5.10 Å². The first-order valence-corrected chi connectivity index (χ1v) is 6.40. The van der Waals surface area contributed by atoms with E-state index in [4.69, 9.17) is 0 Å². The Morgan fingerprint density at radius 2 is 1.90 bits per heavy atom. The van der Waals surface area contributed by atoms with Crippen molar-refractivity contribution in [3.63, 3.8) is 0 Å². The van der Waals surface area contributed by atoms with Crippen molar-refractivity contribution in [2.45, 2.75) is 32.2 Å². The van der Waals surface area contributed by atoms with Gasteiger partial charge >= 0.3 is 11.9 Å². The van der Waals surface area contributed by atoms with E-state index in [1.165, 1.54) is 0 Å². The number of carboxylic acid groups (broad SMARTS) is 2. The monoisotopic (exact) mass is 276 g/mol. The Balaban J connectivity index is 2.66. The van der Waals surface area contributed by atoms with Crippen LogP contribution in [0.5, 0.6) is 0 Å². The molecule has 0 amide bonds. The number of aliphatic carboxylic acids is 2. The van der Waals surface area contributed by atoms with Gasteiger partial charge in [0.25, 0.3) is 0 Å². The molecular weight excluding hydrogens is 260 g/mol. The first-order chi connectivity index (χ1) is 9.47. The lowest BCUT2D eigenvalue weighted by molar-refractivity contribution is -0.157. The maximum Gasteiger partial charge on any atom is 0.325 e. The number of nitrogens with zero attached hydrogens (tertiary/aromatic N) is 2. The first kappa shape index (κ1) is 14.0. The lowest BCUT2D eigenvalue weighted by atomic mass is 9.78. The normalized spacial score (nSPS) is 11.7. The quantitative estimate of drug-likeness (QED) is 0.813. The molecule has 1 heterocycles. The average Bonchev–Trinajstić information content (AvgIpc) is 2.81. The maximum atomic E-state index is 11.5. The number of hydrogen-bond acceptors (Lipinski definition) is 3. The van der Waals surface area contributed by atoms with Gasteiger partial charge in [0.2, 0.25) is 0 Å². The van der Waals surface area contributed by atoms with Gasteiger partial charge in [-0.15, -0.1) is 0 Å². The summed E-state index contributed by atoms with van der Waals surface area (Å²) in [6.07, 6.45) is 1.59. The van der Waals surface area contributed by atoms with Gasteiger partial charge in [-0.3, -0.25) is 14.3 Å². The molecule has 0 bridgehead atoms. The van der Waals surface area contributed by atoms with E-state index in [1.807, 2.05) is 6.92 Å². The Labute approximate surface area is 115 Å². The summed E-state index contributed by atoms with van der Waals surface area (Å²) in [6, 6.07) is 4.87. The van der Waals surface area contributed by atoms with Crippen LogP contribution in [0, 0.1) is 0 Å². The number of carbonyl (C=O) groups is 2. The third kappa shape index (κ3) is 1.84. The molecule has 0 aliphatic heterocycles. The van der Waals surface area contributed by atoms with Crippen LogP contribution in [-0.4, -0.2) is 31.9 Å². The summed E-state index contributed by atoms with van der Waals surface area (Å²) in [4.78, 5) is 23.0. The van der Waals surface area contributed by atoms with Gasteiger partial charge in [-0.2, -0.15) is 5.10 Å². The maximum absolute atomic E-state index is 11.5. The number of aromatic nitrogens is 2. The van der Waals surface area contributed by atoms with Crippen molar-refractivity contribution in [1.82, 2.24) is 9.78 Å². The fourth-order valence-electron chi connectivity index (χ4n) is 2.45. The van der Waals surface area contributed by atoms with E-state index < -0.39 is 17.4 Å². The highest BCUT2D eigenvalue weighted by molar-refractivity contribution is 6.05. The molecule has 2 aromatic rings. The van der Waals surface area contributed by atoms with Crippen LogP contribution < -0.4 is 0 Å². The highest BCUT2D eigenvalue weighted by Crippen LogP contribution is 2.31. The highest BCUT2D eigenvalue weighted by atomic mass is 16.4. The largest absolute Gasteiger partial charge is 0.480 e. The van der Waals surface area contributed by atoms with E-state index in [-0.39, 0.29) is 12.0 Å². The molecule has 0 saturated carbocycles. The topological polar surface area (TPSA) is 92.4 Å². The molecule has 6 heteroatoms. The van der Waals surface area contributed by atoms with E-state index in [0.717, 1.165) is 10.9 Å². The molecule has 20 heavy (non-hydrogen) atoms. The predicted octanol–water partition coefficient (Wildman–Crippen LogP) is 1.87. The van der Waals surface area contributed by atoms with Gasteiger partial charge in [-0.25, -0.2) is 0 Å². The molecule has 0 unspecified atom stereocenters. The second-order valence-corrected chi connectivity index (χ2v) is 4.60. The summed E-state index contributed by atoms with van der Waals surface area (Å²) in [5.74, 6) is -2.70. The Morgan fingerprint density at radius 3 is 2.40 bits per heavy atom. The molecule has 2 N–H and O–H groups in total. The lowest BCUT2D eigenvalue weighted by Gasteiger charge is -2.23. The van der Waals surface area contributed by atoms with E-state index >= 15 is 0 Å². The zero-order chi connectivity index (χ0) is 14.9. The van der Waals surface area contributed by atoms with Crippen LogP contribution >= 0.6 is 0 Å². The standard InChI is InChI=1S/C14H16N2O4/c1-3-14(12(17)18,13(19)20)10-5-6-11-9(7-10)8-15-16(11)4-2/h5-8H,3-4H2,1-2H3,(H,17,18)(H,19,20). The summed E-state index contributed by atoms with van der Waals surface area (Å²) in [5.41, 5.74) is -0.789. The van der Waals surface area contributed by atoms with Crippen LogP contribution in [-0.2, 0) is 21.5 Å². The Morgan fingerprint density at radius 1 is 1.25 bits per heavy atom. The third-order valence-corrected chi connectivity index (χ3v) is 3.69. The zero-order valence-electron chi connectivity index (χ0n) is 11.3. The van der Waals surface area contributed by atoms with Crippen molar-refractivity contribution >= 4 is 22.8 Å². The Bertz CT molecular complexity index is 661. The van der Waals surface area contributed by atoms with Crippen molar-refractivity contribution in [1.29, 1.82) is 0 Å². The van der Waals surface area contributed by atoms with E-state index in [1.54, 1.807) is 36.0 Å². The molecule has 0 radical (unpaired) electrons. The van der Waals surface area contributed by atoms with Crippen LogP contribution in [0.3, 0.4) is 0 Å². The van der Waals surface area contributed by atoms with Gasteiger partial charge in [0.05, 0.1) is 11.7 Å². The van der Waals surface area contributed by atoms with Crippen molar-refractivity contribution < 1.29 is 19.8 Å². The van der Waals surface area contributed by atoms with Crippen LogP contribution in [0.1, 0.15) is 25.8 Å². The molecule has 0 saturated heterocycles. The molecule has 106 valence electrons. The SMILES string of the molecule is CCn1ncc2cc(C(CC)(C(=O)O)C(=O)O)ccc21. The predicted molar refractivity (Wildman–Crippen MR) is 72.6 cm³/mol. The third-order valence-electron chi connectivity index (χ3n) is 3.69. The number of carboxylic acids is 2. The Kier molecular flexibility index (Phi) is 3.48. The molecule has 1 aromatic carbocycles. The second kappa shape index (κ2) is 4.96. The summed E-state index contributed by atoms with van der Waals surface area (Å²) in [7, 11) is 0. The number of rotatable bonds is 5. The molecular formula is C14H16N2O4. The van der Waals surface area contributed by atoms with Crippen molar-refractivity contribution in [3.05, 3.63) is 30.0 Å². The molecule has 1 aromatic heterocycles. The highest BCUT2D eigenvalue weighted by Gasteiger charge is 2.46. The first-order valence-electron chi connectivity index (χ1n) is 6.40. The van der Waals surface area contributed by atoms with Crippen LogP contribution in [0.2, 0.25) is 0 Å². The molecule has 0 aliphatic carbocycles. The fraction of sp³-hybridized carbons (Fsp3) is 0.357. The molecule has 0 atom stereocenters. The summed E-state index contributed by atoms with van der Waals surface area (Å²) >= 11 is 0. The van der Waals surface area contributed by atoms with E-state index in [0.29, 0.717) is 6.54 Å². The number of aryl methyl sites for hydroxylation is 1. The van der Waals surface area contributed by atoms with Crippen molar-refractivity contribution in [3.8, 4) is 0 Å². The van der Waals surface area contributed by atoms with Gasteiger partial charge in [0.1, 0.15) is 0 Å².